The maximum absolute atomic E-state index is 12.9. The molecule has 1 fully saturated rings. The van der Waals surface area contributed by atoms with Crippen LogP contribution in [0.4, 0.5) is 0 Å². The molecular weight excluding hydrogens is 320 g/mol. The SMILES string of the molecule is CC(C)[C@@H](CO)NC(=O)C1(NC(=O)/C=C/C2=CCCO2)CCCCC1. The van der Waals surface area contributed by atoms with Crippen molar-refractivity contribution >= 4 is 11.8 Å². The molecule has 6 heteroatoms. The van der Waals surface area contributed by atoms with Crippen molar-refractivity contribution in [3.8, 4) is 0 Å². The number of amides is 2. The van der Waals surface area contributed by atoms with Gasteiger partial charge in [0.15, 0.2) is 0 Å². The molecule has 0 unspecified atom stereocenters. The van der Waals surface area contributed by atoms with E-state index in [2.05, 4.69) is 10.6 Å². The minimum Gasteiger partial charge on any atom is -0.494 e. The Bertz CT molecular complexity index is 534. The number of allylic oxidation sites excluding steroid dienone is 1. The molecule has 2 amide bonds. The van der Waals surface area contributed by atoms with Gasteiger partial charge in [-0.25, -0.2) is 0 Å². The topological polar surface area (TPSA) is 87.7 Å². The quantitative estimate of drug-likeness (QED) is 0.611. The number of carbonyl (C=O) groups is 2. The van der Waals surface area contributed by atoms with E-state index in [1.165, 1.54) is 6.08 Å². The summed E-state index contributed by atoms with van der Waals surface area (Å²) in [7, 11) is 0. The van der Waals surface area contributed by atoms with Gasteiger partial charge >= 0.3 is 0 Å². The zero-order valence-corrected chi connectivity index (χ0v) is 15.2. The van der Waals surface area contributed by atoms with Gasteiger partial charge in [-0.15, -0.1) is 0 Å². The van der Waals surface area contributed by atoms with Crippen LogP contribution in [0.15, 0.2) is 24.0 Å². The molecule has 3 N–H and O–H groups in total. The molecular formula is C19H30N2O4. The molecule has 0 aromatic heterocycles. The van der Waals surface area contributed by atoms with Gasteiger partial charge in [-0.1, -0.05) is 33.1 Å². The predicted molar refractivity (Wildman–Crippen MR) is 95.6 cm³/mol. The van der Waals surface area contributed by atoms with E-state index in [9.17, 15) is 14.7 Å². The van der Waals surface area contributed by atoms with Crippen LogP contribution in [0.2, 0.25) is 0 Å². The Labute approximate surface area is 149 Å². The molecule has 0 saturated heterocycles. The van der Waals surface area contributed by atoms with E-state index in [0.29, 0.717) is 25.2 Å². The van der Waals surface area contributed by atoms with Crippen LogP contribution in [0.25, 0.3) is 0 Å². The molecule has 1 saturated carbocycles. The number of carbonyl (C=O) groups excluding carboxylic acids is 2. The number of nitrogens with one attached hydrogen (secondary N) is 2. The lowest BCUT2D eigenvalue weighted by atomic mass is 9.80. The van der Waals surface area contributed by atoms with Crippen LogP contribution >= 0.6 is 0 Å². The lowest BCUT2D eigenvalue weighted by molar-refractivity contribution is -0.134. The molecule has 0 aromatic carbocycles. The fourth-order valence-electron chi connectivity index (χ4n) is 3.28. The summed E-state index contributed by atoms with van der Waals surface area (Å²) in [6.45, 7) is 4.43. The standard InChI is InChI=1S/C19H30N2O4/c1-14(2)16(13-22)20-18(24)19(10-4-3-5-11-19)21-17(23)9-8-15-7-6-12-25-15/h7-9,14,16,22H,3-6,10-13H2,1-2H3,(H,20,24)(H,21,23)/b9-8+/t16-/m1/s1. The Hall–Kier alpha value is -1.82. The highest BCUT2D eigenvalue weighted by Gasteiger charge is 2.41. The Morgan fingerprint density at radius 1 is 1.32 bits per heavy atom. The van der Waals surface area contributed by atoms with Gasteiger partial charge in [-0.05, 0) is 30.9 Å². The lowest BCUT2D eigenvalue weighted by Gasteiger charge is -2.37. The van der Waals surface area contributed by atoms with Crippen molar-refractivity contribution in [2.24, 2.45) is 5.92 Å². The Morgan fingerprint density at radius 3 is 2.60 bits per heavy atom. The molecule has 0 radical (unpaired) electrons. The van der Waals surface area contributed by atoms with E-state index >= 15 is 0 Å². The first-order valence-electron chi connectivity index (χ1n) is 9.22. The van der Waals surface area contributed by atoms with Gasteiger partial charge in [0.05, 0.1) is 19.3 Å². The summed E-state index contributed by atoms with van der Waals surface area (Å²) >= 11 is 0. The summed E-state index contributed by atoms with van der Waals surface area (Å²) in [5.74, 6) is 0.325. The number of ether oxygens (including phenoxy) is 1. The molecule has 1 heterocycles. The molecule has 0 bridgehead atoms. The van der Waals surface area contributed by atoms with Crippen molar-refractivity contribution in [2.45, 2.75) is 64.0 Å². The van der Waals surface area contributed by atoms with Crippen molar-refractivity contribution in [3.63, 3.8) is 0 Å². The van der Waals surface area contributed by atoms with Gasteiger partial charge in [0.2, 0.25) is 11.8 Å². The number of aliphatic hydroxyl groups excluding tert-OH is 1. The fraction of sp³-hybridized carbons (Fsp3) is 0.684. The lowest BCUT2D eigenvalue weighted by Crippen LogP contribution is -2.61. The highest BCUT2D eigenvalue weighted by atomic mass is 16.5. The van der Waals surface area contributed by atoms with Crippen molar-refractivity contribution in [2.75, 3.05) is 13.2 Å². The molecule has 0 aromatic rings. The molecule has 140 valence electrons. The Kier molecular flexibility index (Phi) is 7.05. The van der Waals surface area contributed by atoms with Crippen LogP contribution in [0, 0.1) is 5.92 Å². The number of hydrogen-bond donors (Lipinski definition) is 3. The van der Waals surface area contributed by atoms with Gasteiger partial charge in [-0.2, -0.15) is 0 Å². The second-order valence-corrected chi connectivity index (χ2v) is 7.22. The molecule has 1 aliphatic carbocycles. The normalized spacial score (nSPS) is 20.9. The van der Waals surface area contributed by atoms with Crippen LogP contribution in [0.5, 0.6) is 0 Å². The first-order chi connectivity index (χ1) is 12.0. The zero-order valence-electron chi connectivity index (χ0n) is 15.2. The summed E-state index contributed by atoms with van der Waals surface area (Å²) in [4.78, 5) is 25.2. The average molecular weight is 350 g/mol. The van der Waals surface area contributed by atoms with Crippen molar-refractivity contribution in [3.05, 3.63) is 24.0 Å². The summed E-state index contributed by atoms with van der Waals surface area (Å²) in [5.41, 5.74) is -0.896. The van der Waals surface area contributed by atoms with Gasteiger partial charge < -0.3 is 20.5 Å². The van der Waals surface area contributed by atoms with Crippen molar-refractivity contribution < 1.29 is 19.4 Å². The van der Waals surface area contributed by atoms with Gasteiger partial charge in [-0.3, -0.25) is 9.59 Å². The highest BCUT2D eigenvalue weighted by Crippen LogP contribution is 2.29. The molecule has 0 spiro atoms. The number of hydrogen-bond acceptors (Lipinski definition) is 4. The average Bonchev–Trinajstić information content (AvgIpc) is 3.11. The van der Waals surface area contributed by atoms with E-state index in [1.54, 1.807) is 6.08 Å². The second-order valence-electron chi connectivity index (χ2n) is 7.22. The minimum atomic E-state index is -0.896. The summed E-state index contributed by atoms with van der Waals surface area (Å²) < 4.78 is 5.35. The van der Waals surface area contributed by atoms with Gasteiger partial charge in [0.25, 0.3) is 0 Å². The van der Waals surface area contributed by atoms with E-state index in [0.717, 1.165) is 25.7 Å². The van der Waals surface area contributed by atoms with Crippen LogP contribution < -0.4 is 10.6 Å². The van der Waals surface area contributed by atoms with Gasteiger partial charge in [0.1, 0.15) is 11.3 Å². The highest BCUT2D eigenvalue weighted by molar-refractivity contribution is 5.95. The fourth-order valence-corrected chi connectivity index (χ4v) is 3.28. The molecule has 2 aliphatic rings. The maximum Gasteiger partial charge on any atom is 0.246 e. The molecule has 25 heavy (non-hydrogen) atoms. The second kappa shape index (κ2) is 9.04. The monoisotopic (exact) mass is 350 g/mol. The van der Waals surface area contributed by atoms with Crippen molar-refractivity contribution in [1.82, 2.24) is 10.6 Å². The third-order valence-electron chi connectivity index (χ3n) is 4.95. The predicted octanol–water partition coefficient (Wildman–Crippen LogP) is 1.80. The third-order valence-corrected chi connectivity index (χ3v) is 4.95. The van der Waals surface area contributed by atoms with Crippen LogP contribution in [0.3, 0.4) is 0 Å². The smallest absolute Gasteiger partial charge is 0.246 e. The largest absolute Gasteiger partial charge is 0.494 e. The third kappa shape index (κ3) is 5.33. The van der Waals surface area contributed by atoms with E-state index in [1.807, 2.05) is 19.9 Å². The Morgan fingerprint density at radius 2 is 2.04 bits per heavy atom. The molecule has 1 aliphatic heterocycles. The maximum atomic E-state index is 12.9. The van der Waals surface area contributed by atoms with Crippen LogP contribution in [-0.4, -0.2) is 41.7 Å². The zero-order chi connectivity index (χ0) is 18.3. The summed E-state index contributed by atoms with van der Waals surface area (Å²) in [5, 5.41) is 15.3. The first-order valence-corrected chi connectivity index (χ1v) is 9.22. The molecule has 2 rings (SSSR count). The van der Waals surface area contributed by atoms with E-state index < -0.39 is 5.54 Å². The molecule has 6 nitrogen and oxygen atoms in total. The number of rotatable bonds is 7. The molecule has 1 atom stereocenters. The number of aliphatic hydroxyl groups is 1. The first kappa shape index (κ1) is 19.5. The van der Waals surface area contributed by atoms with Crippen molar-refractivity contribution in [1.29, 1.82) is 0 Å². The van der Waals surface area contributed by atoms with E-state index in [4.69, 9.17) is 4.74 Å². The minimum absolute atomic E-state index is 0.112. The summed E-state index contributed by atoms with van der Waals surface area (Å²) in [6.07, 6.45) is 9.95. The summed E-state index contributed by atoms with van der Waals surface area (Å²) in [6, 6.07) is -0.309. The van der Waals surface area contributed by atoms with Crippen LogP contribution in [0.1, 0.15) is 52.4 Å². The van der Waals surface area contributed by atoms with E-state index in [-0.39, 0.29) is 30.4 Å². The van der Waals surface area contributed by atoms with Crippen LogP contribution in [-0.2, 0) is 14.3 Å². The van der Waals surface area contributed by atoms with Gasteiger partial charge in [0, 0.05) is 12.5 Å². The Balaban J connectivity index is 2.05.